The number of hydrogen-bond acceptors (Lipinski definition) is 3. The van der Waals surface area contributed by atoms with Gasteiger partial charge in [-0.15, -0.1) is 0 Å². The average Bonchev–Trinajstić information content (AvgIpc) is 2.37. The Bertz CT molecular complexity index is 378. The van der Waals surface area contributed by atoms with E-state index in [4.69, 9.17) is 0 Å². The van der Waals surface area contributed by atoms with Crippen LogP contribution in [0.25, 0.3) is 0 Å². The first-order chi connectivity index (χ1) is 8.55. The summed E-state index contributed by atoms with van der Waals surface area (Å²) in [5.41, 5.74) is 1.57. The van der Waals surface area contributed by atoms with Crippen LogP contribution >= 0.6 is 0 Å². The van der Waals surface area contributed by atoms with Crippen molar-refractivity contribution < 1.29 is 5.11 Å². The maximum atomic E-state index is 10.0. The molecule has 0 bridgehead atoms. The summed E-state index contributed by atoms with van der Waals surface area (Å²) in [6.07, 6.45) is 1.06. The van der Waals surface area contributed by atoms with Gasteiger partial charge in [0.05, 0.1) is 5.60 Å². The van der Waals surface area contributed by atoms with E-state index in [1.807, 2.05) is 26.0 Å². The van der Waals surface area contributed by atoms with Crippen molar-refractivity contribution >= 4 is 0 Å². The zero-order chi connectivity index (χ0) is 13.0. The number of piperazine rings is 1. The second-order valence-corrected chi connectivity index (χ2v) is 5.60. The molecule has 0 aliphatic carbocycles. The molecule has 1 saturated heterocycles. The van der Waals surface area contributed by atoms with E-state index < -0.39 is 5.60 Å². The molecular weight excluding hydrogens is 224 g/mol. The van der Waals surface area contributed by atoms with Gasteiger partial charge >= 0.3 is 0 Å². The van der Waals surface area contributed by atoms with Gasteiger partial charge in [0.25, 0.3) is 0 Å². The van der Waals surface area contributed by atoms with Gasteiger partial charge in [-0.25, -0.2) is 0 Å². The zero-order valence-electron chi connectivity index (χ0n) is 11.4. The minimum Gasteiger partial charge on any atom is -0.386 e. The lowest BCUT2D eigenvalue weighted by Crippen LogP contribution is -2.44. The lowest BCUT2D eigenvalue weighted by atomic mass is 9.96. The first-order valence-corrected chi connectivity index (χ1v) is 6.80. The second-order valence-electron chi connectivity index (χ2n) is 5.60. The maximum absolute atomic E-state index is 10.0. The molecule has 0 saturated carbocycles. The first-order valence-electron chi connectivity index (χ1n) is 6.80. The molecule has 0 spiro atoms. The summed E-state index contributed by atoms with van der Waals surface area (Å²) in [6.45, 7) is 9.27. The molecule has 0 atom stereocenters. The van der Waals surface area contributed by atoms with Crippen LogP contribution in [0.1, 0.15) is 25.0 Å². The van der Waals surface area contributed by atoms with Crippen molar-refractivity contribution in [3.05, 3.63) is 35.4 Å². The lowest BCUT2D eigenvalue weighted by molar-refractivity contribution is 0.0785. The normalized spacial score (nSPS) is 17.9. The largest absolute Gasteiger partial charge is 0.386 e. The van der Waals surface area contributed by atoms with Crippen LogP contribution in [-0.4, -0.2) is 42.7 Å². The molecule has 1 heterocycles. The maximum Gasteiger partial charge on any atom is 0.0840 e. The Morgan fingerprint density at radius 1 is 1.28 bits per heavy atom. The molecule has 1 aliphatic rings. The van der Waals surface area contributed by atoms with Crippen LogP contribution in [0, 0.1) is 0 Å². The molecule has 0 unspecified atom stereocenters. The van der Waals surface area contributed by atoms with Gasteiger partial charge < -0.3 is 15.3 Å². The van der Waals surface area contributed by atoms with Crippen molar-refractivity contribution in [2.45, 2.75) is 25.9 Å². The van der Waals surface area contributed by atoms with E-state index in [1.165, 1.54) is 5.56 Å². The summed E-state index contributed by atoms with van der Waals surface area (Å²) in [6, 6.07) is 8.31. The molecule has 0 amide bonds. The van der Waals surface area contributed by atoms with E-state index in [0.717, 1.165) is 44.7 Å². The average molecular weight is 248 g/mol. The van der Waals surface area contributed by atoms with Gasteiger partial charge in [0.1, 0.15) is 0 Å². The van der Waals surface area contributed by atoms with E-state index in [2.05, 4.69) is 22.3 Å². The molecule has 1 aromatic carbocycles. The Hall–Kier alpha value is -0.900. The van der Waals surface area contributed by atoms with E-state index in [0.29, 0.717) is 0 Å². The van der Waals surface area contributed by atoms with Crippen molar-refractivity contribution in [2.75, 3.05) is 32.7 Å². The van der Waals surface area contributed by atoms with Gasteiger partial charge in [0.2, 0.25) is 0 Å². The topological polar surface area (TPSA) is 35.5 Å². The van der Waals surface area contributed by atoms with Crippen LogP contribution in [0.15, 0.2) is 24.3 Å². The Morgan fingerprint density at radius 2 is 2.00 bits per heavy atom. The van der Waals surface area contributed by atoms with Crippen LogP contribution in [0.3, 0.4) is 0 Å². The number of aliphatic hydroxyl groups is 1. The van der Waals surface area contributed by atoms with Gasteiger partial charge in [-0.05, 0) is 31.4 Å². The predicted octanol–water partition coefficient (Wildman–Crippen LogP) is 1.36. The summed E-state index contributed by atoms with van der Waals surface area (Å²) >= 11 is 0. The Labute approximate surface area is 110 Å². The van der Waals surface area contributed by atoms with Gasteiger partial charge in [-0.3, -0.25) is 0 Å². The van der Waals surface area contributed by atoms with Crippen molar-refractivity contribution in [1.82, 2.24) is 10.2 Å². The lowest BCUT2D eigenvalue weighted by Gasteiger charge is -2.27. The van der Waals surface area contributed by atoms with Crippen molar-refractivity contribution in [1.29, 1.82) is 0 Å². The van der Waals surface area contributed by atoms with E-state index >= 15 is 0 Å². The summed E-state index contributed by atoms with van der Waals surface area (Å²) in [4.78, 5) is 2.49. The van der Waals surface area contributed by atoms with Crippen LogP contribution in [0.2, 0.25) is 0 Å². The molecule has 1 aromatic rings. The van der Waals surface area contributed by atoms with Gasteiger partial charge in [-0.2, -0.15) is 0 Å². The van der Waals surface area contributed by atoms with Crippen molar-refractivity contribution in [2.24, 2.45) is 0 Å². The fourth-order valence-corrected chi connectivity index (χ4v) is 2.33. The monoisotopic (exact) mass is 248 g/mol. The molecule has 0 aromatic heterocycles. The van der Waals surface area contributed by atoms with Gasteiger partial charge in [0.15, 0.2) is 0 Å². The molecule has 0 radical (unpaired) electrons. The van der Waals surface area contributed by atoms with E-state index in [-0.39, 0.29) is 0 Å². The molecule has 1 aliphatic heterocycles. The molecule has 1 fully saturated rings. The van der Waals surface area contributed by atoms with E-state index in [9.17, 15) is 5.11 Å². The number of rotatable bonds is 4. The highest BCUT2D eigenvalue weighted by molar-refractivity contribution is 5.27. The van der Waals surface area contributed by atoms with Crippen LogP contribution in [0.5, 0.6) is 0 Å². The summed E-state index contributed by atoms with van der Waals surface area (Å²) in [5.74, 6) is 0. The minimum absolute atomic E-state index is 0.745. The molecule has 2 N–H and O–H groups in total. The fraction of sp³-hybridized carbons (Fsp3) is 0.600. The summed E-state index contributed by atoms with van der Waals surface area (Å²) in [5, 5.41) is 13.4. The fourth-order valence-electron chi connectivity index (χ4n) is 2.33. The smallest absolute Gasteiger partial charge is 0.0840 e. The number of nitrogens with one attached hydrogen (secondary N) is 1. The zero-order valence-corrected chi connectivity index (χ0v) is 11.4. The number of benzene rings is 1. The quantitative estimate of drug-likeness (QED) is 0.844. The molecule has 100 valence electrons. The Morgan fingerprint density at radius 3 is 2.67 bits per heavy atom. The van der Waals surface area contributed by atoms with E-state index in [1.54, 1.807) is 0 Å². The summed E-state index contributed by atoms with van der Waals surface area (Å²) in [7, 11) is 0. The predicted molar refractivity (Wildman–Crippen MR) is 74.7 cm³/mol. The number of hydrogen-bond donors (Lipinski definition) is 2. The van der Waals surface area contributed by atoms with Crippen molar-refractivity contribution in [3.8, 4) is 0 Å². The second kappa shape index (κ2) is 5.83. The molecule has 2 rings (SSSR count). The van der Waals surface area contributed by atoms with Crippen molar-refractivity contribution in [3.63, 3.8) is 0 Å². The number of nitrogens with zero attached hydrogens (tertiary/aromatic N) is 1. The highest BCUT2D eigenvalue weighted by Crippen LogP contribution is 2.20. The summed E-state index contributed by atoms with van der Waals surface area (Å²) < 4.78 is 0. The first kappa shape index (κ1) is 13.5. The molecule has 18 heavy (non-hydrogen) atoms. The third-order valence-electron chi connectivity index (χ3n) is 3.56. The highest BCUT2D eigenvalue weighted by atomic mass is 16.3. The Kier molecular flexibility index (Phi) is 4.38. The Balaban J connectivity index is 1.92. The SMILES string of the molecule is CC(C)(O)c1cccc(CCN2CCNCC2)c1. The van der Waals surface area contributed by atoms with Gasteiger partial charge in [0, 0.05) is 32.7 Å². The highest BCUT2D eigenvalue weighted by Gasteiger charge is 2.16. The molecular formula is C15H24N2O. The third kappa shape index (κ3) is 3.80. The third-order valence-corrected chi connectivity index (χ3v) is 3.56. The molecule has 3 heteroatoms. The minimum atomic E-state index is -0.745. The van der Waals surface area contributed by atoms with Gasteiger partial charge in [-0.1, -0.05) is 24.3 Å². The standard InChI is InChI=1S/C15H24N2O/c1-15(2,18)14-5-3-4-13(12-14)6-9-17-10-7-16-8-11-17/h3-5,12,16,18H,6-11H2,1-2H3. The molecule has 3 nitrogen and oxygen atoms in total. The van der Waals surface area contributed by atoms with Crippen LogP contribution < -0.4 is 5.32 Å². The van der Waals surface area contributed by atoms with Crippen LogP contribution in [0.4, 0.5) is 0 Å². The van der Waals surface area contributed by atoms with Crippen LogP contribution in [-0.2, 0) is 12.0 Å².